The zero-order valence-corrected chi connectivity index (χ0v) is 15.4. The first-order valence-corrected chi connectivity index (χ1v) is 10.8. The third kappa shape index (κ3) is 2.49. The zero-order chi connectivity index (χ0) is 15.6. The van der Waals surface area contributed by atoms with E-state index in [1.54, 1.807) is 0 Å². The molecule has 0 spiro atoms. The lowest BCUT2D eigenvalue weighted by molar-refractivity contribution is -0.0804. The summed E-state index contributed by atoms with van der Waals surface area (Å²) in [7, 11) is -1.90. The number of epoxide rings is 1. The minimum Gasteiger partial charge on any atom is -0.408 e. The minimum absolute atomic E-state index is 0.0464. The Morgan fingerprint density at radius 2 is 1.80 bits per heavy atom. The lowest BCUT2D eigenvalue weighted by Gasteiger charge is -2.45. The van der Waals surface area contributed by atoms with Gasteiger partial charge in [-0.3, -0.25) is 0 Å². The molecule has 20 heavy (non-hydrogen) atoms. The molecule has 2 aliphatic rings. The van der Waals surface area contributed by atoms with Crippen molar-refractivity contribution >= 4 is 8.32 Å². The van der Waals surface area contributed by atoms with Gasteiger partial charge in [-0.1, -0.05) is 34.6 Å². The SMILES string of the molecule is CC(C)[C@@]12CC[C@@](C)(O)[C@@H](O[Si](C)(C)C(C)(C)C)[C@@H]1O2. The molecule has 0 unspecified atom stereocenters. The Labute approximate surface area is 125 Å². The van der Waals surface area contributed by atoms with Crippen LogP contribution < -0.4 is 0 Å². The Balaban J connectivity index is 2.21. The van der Waals surface area contributed by atoms with Gasteiger partial charge in [0.25, 0.3) is 0 Å². The van der Waals surface area contributed by atoms with Crippen LogP contribution in [-0.2, 0) is 9.16 Å². The maximum atomic E-state index is 10.8. The number of hydrogen-bond donors (Lipinski definition) is 1. The summed E-state index contributed by atoms with van der Waals surface area (Å²) in [6.07, 6.45) is 1.60. The van der Waals surface area contributed by atoms with E-state index in [0.717, 1.165) is 12.8 Å². The van der Waals surface area contributed by atoms with Gasteiger partial charge in [0.2, 0.25) is 0 Å². The average Bonchev–Trinajstić information content (AvgIpc) is 2.97. The van der Waals surface area contributed by atoms with E-state index < -0.39 is 13.9 Å². The van der Waals surface area contributed by atoms with Crippen molar-refractivity contribution in [3.05, 3.63) is 0 Å². The van der Waals surface area contributed by atoms with Crippen molar-refractivity contribution in [2.24, 2.45) is 5.92 Å². The molecule has 1 aliphatic heterocycles. The fourth-order valence-electron chi connectivity index (χ4n) is 3.07. The number of hydrogen-bond acceptors (Lipinski definition) is 3. The van der Waals surface area contributed by atoms with Gasteiger partial charge in [-0.25, -0.2) is 0 Å². The van der Waals surface area contributed by atoms with Gasteiger partial charge in [-0.15, -0.1) is 0 Å². The molecule has 1 saturated carbocycles. The first kappa shape index (κ1) is 16.5. The molecule has 0 aromatic heterocycles. The maximum absolute atomic E-state index is 10.8. The fraction of sp³-hybridized carbons (Fsp3) is 1.00. The number of fused-ring (bicyclic) bond motifs is 1. The molecule has 0 amide bonds. The van der Waals surface area contributed by atoms with Crippen molar-refractivity contribution in [1.82, 2.24) is 0 Å². The van der Waals surface area contributed by atoms with Crippen LogP contribution in [0.1, 0.15) is 54.4 Å². The summed E-state index contributed by atoms with van der Waals surface area (Å²) in [5.41, 5.74) is -0.815. The van der Waals surface area contributed by atoms with Gasteiger partial charge in [-0.05, 0) is 43.8 Å². The highest BCUT2D eigenvalue weighted by Gasteiger charge is 2.69. The first-order valence-electron chi connectivity index (χ1n) is 7.91. The molecule has 118 valence electrons. The Morgan fingerprint density at radius 3 is 2.25 bits per heavy atom. The summed E-state index contributed by atoms with van der Waals surface area (Å²) in [6, 6.07) is 0. The monoisotopic (exact) mass is 300 g/mol. The predicted octanol–water partition coefficient (Wildman–Crippen LogP) is 3.72. The standard InChI is InChI=1S/C16H32O3Si/c1-11(2)16-10-9-15(6,17)12(13(16)18-16)19-20(7,8)14(3,4)5/h11-13,17H,9-10H2,1-8H3/t12-,13-,15+,16-/m0/s1. The Kier molecular flexibility index (Phi) is 3.74. The lowest BCUT2D eigenvalue weighted by Crippen LogP contribution is -2.57. The third-order valence-corrected chi connectivity index (χ3v) is 10.3. The van der Waals surface area contributed by atoms with E-state index in [-0.39, 0.29) is 22.8 Å². The summed E-state index contributed by atoms with van der Waals surface area (Å²) < 4.78 is 12.6. The summed E-state index contributed by atoms with van der Waals surface area (Å²) in [5, 5.41) is 10.9. The molecule has 4 atom stereocenters. The van der Waals surface area contributed by atoms with E-state index >= 15 is 0 Å². The van der Waals surface area contributed by atoms with E-state index in [1.165, 1.54) is 0 Å². The van der Waals surface area contributed by atoms with Gasteiger partial charge in [0.05, 0.1) is 11.2 Å². The van der Waals surface area contributed by atoms with Crippen molar-refractivity contribution in [2.45, 2.75) is 95.9 Å². The van der Waals surface area contributed by atoms with E-state index in [0.29, 0.717) is 5.92 Å². The zero-order valence-electron chi connectivity index (χ0n) is 14.4. The molecule has 1 aliphatic carbocycles. The van der Waals surface area contributed by atoms with E-state index in [4.69, 9.17) is 9.16 Å². The van der Waals surface area contributed by atoms with Crippen LogP contribution in [0, 0.1) is 5.92 Å². The normalized spacial score (nSPS) is 41.7. The molecule has 4 heteroatoms. The highest BCUT2D eigenvalue weighted by atomic mass is 28.4. The summed E-state index contributed by atoms with van der Waals surface area (Å²) >= 11 is 0. The van der Waals surface area contributed by atoms with Crippen LogP contribution in [0.4, 0.5) is 0 Å². The second kappa shape index (κ2) is 4.54. The quantitative estimate of drug-likeness (QED) is 0.638. The molecule has 2 fully saturated rings. The maximum Gasteiger partial charge on any atom is 0.192 e. The molecule has 1 saturated heterocycles. The van der Waals surface area contributed by atoms with Crippen molar-refractivity contribution in [3.63, 3.8) is 0 Å². The average molecular weight is 301 g/mol. The Hall–Kier alpha value is 0.0969. The summed E-state index contributed by atoms with van der Waals surface area (Å²) in [5.74, 6) is 0.481. The van der Waals surface area contributed by atoms with Crippen molar-refractivity contribution < 1.29 is 14.3 Å². The van der Waals surface area contributed by atoms with Gasteiger partial charge < -0.3 is 14.3 Å². The minimum atomic E-state index is -1.90. The van der Waals surface area contributed by atoms with E-state index in [1.807, 2.05) is 6.92 Å². The molecular weight excluding hydrogens is 268 g/mol. The molecule has 1 N–H and O–H groups in total. The molecule has 1 heterocycles. The van der Waals surface area contributed by atoms with E-state index in [2.05, 4.69) is 47.7 Å². The Morgan fingerprint density at radius 1 is 1.25 bits per heavy atom. The van der Waals surface area contributed by atoms with Crippen LogP contribution in [-0.4, -0.2) is 36.8 Å². The molecular formula is C16H32O3Si. The molecule has 2 rings (SSSR count). The Bertz CT molecular complexity index is 384. The third-order valence-electron chi connectivity index (χ3n) is 5.89. The van der Waals surface area contributed by atoms with Crippen LogP contribution >= 0.6 is 0 Å². The molecule has 0 aromatic rings. The first-order chi connectivity index (χ1) is 8.83. The number of aliphatic hydroxyl groups is 1. The van der Waals surface area contributed by atoms with Crippen LogP contribution in [0.15, 0.2) is 0 Å². The summed E-state index contributed by atoms with van der Waals surface area (Å²) in [6.45, 7) is 17.5. The highest BCUT2D eigenvalue weighted by Crippen LogP contribution is 2.57. The summed E-state index contributed by atoms with van der Waals surface area (Å²) in [4.78, 5) is 0. The molecule has 0 bridgehead atoms. The number of ether oxygens (including phenoxy) is 1. The van der Waals surface area contributed by atoms with Crippen molar-refractivity contribution in [2.75, 3.05) is 0 Å². The van der Waals surface area contributed by atoms with Gasteiger partial charge in [-0.2, -0.15) is 0 Å². The van der Waals surface area contributed by atoms with Gasteiger partial charge in [0.1, 0.15) is 12.2 Å². The second-order valence-corrected chi connectivity index (χ2v) is 13.6. The van der Waals surface area contributed by atoms with Gasteiger partial charge in [0, 0.05) is 0 Å². The van der Waals surface area contributed by atoms with Gasteiger partial charge in [0.15, 0.2) is 8.32 Å². The van der Waals surface area contributed by atoms with E-state index in [9.17, 15) is 5.11 Å². The molecule has 0 radical (unpaired) electrons. The predicted molar refractivity (Wildman–Crippen MR) is 84.4 cm³/mol. The lowest BCUT2D eigenvalue weighted by atomic mass is 9.73. The van der Waals surface area contributed by atoms with Crippen molar-refractivity contribution in [1.29, 1.82) is 0 Å². The van der Waals surface area contributed by atoms with Crippen LogP contribution in [0.25, 0.3) is 0 Å². The largest absolute Gasteiger partial charge is 0.408 e. The van der Waals surface area contributed by atoms with Crippen LogP contribution in [0.5, 0.6) is 0 Å². The second-order valence-electron chi connectivity index (χ2n) is 8.80. The van der Waals surface area contributed by atoms with Crippen LogP contribution in [0.2, 0.25) is 18.1 Å². The molecule has 3 nitrogen and oxygen atoms in total. The van der Waals surface area contributed by atoms with Gasteiger partial charge >= 0.3 is 0 Å². The van der Waals surface area contributed by atoms with Crippen molar-refractivity contribution in [3.8, 4) is 0 Å². The highest BCUT2D eigenvalue weighted by molar-refractivity contribution is 6.74. The van der Waals surface area contributed by atoms with Crippen LogP contribution in [0.3, 0.4) is 0 Å². The smallest absolute Gasteiger partial charge is 0.192 e. The molecule has 0 aromatic carbocycles. The fourth-order valence-corrected chi connectivity index (χ4v) is 4.44. The topological polar surface area (TPSA) is 42.0 Å². The number of rotatable bonds is 3.